The molecule has 0 aliphatic heterocycles. The Hall–Kier alpha value is -1.91. The first-order chi connectivity index (χ1) is 11.4. The number of aryl methyl sites for hydroxylation is 1. The van der Waals surface area contributed by atoms with Crippen LogP contribution >= 0.6 is 0 Å². The number of alkyl halides is 5. The highest BCUT2D eigenvalue weighted by Gasteiger charge is 2.46. The third kappa shape index (κ3) is 4.39. The number of nitrogens with zero attached hydrogens (tertiary/aromatic N) is 3. The minimum atomic E-state index is -4.38. The van der Waals surface area contributed by atoms with E-state index in [0.29, 0.717) is 0 Å². The lowest BCUT2D eigenvalue weighted by atomic mass is 9.92. The number of hydrogen-bond acceptors (Lipinski definition) is 5. The summed E-state index contributed by atoms with van der Waals surface area (Å²) in [7, 11) is 0. The number of halogens is 6. The van der Waals surface area contributed by atoms with Crippen LogP contribution in [0.5, 0.6) is 0 Å². The second-order valence-electron chi connectivity index (χ2n) is 5.90. The predicted octanol–water partition coefficient (Wildman–Crippen LogP) is 3.06. The molecule has 0 aromatic carbocycles. The van der Waals surface area contributed by atoms with Crippen molar-refractivity contribution in [1.82, 2.24) is 15.0 Å². The number of nitrogen functional groups attached to an aromatic ring is 1. The van der Waals surface area contributed by atoms with E-state index in [9.17, 15) is 31.4 Å². The van der Waals surface area contributed by atoms with Crippen molar-refractivity contribution in [2.45, 2.75) is 50.8 Å². The molecule has 0 fully saturated rings. The van der Waals surface area contributed by atoms with Gasteiger partial charge < -0.3 is 10.8 Å². The fourth-order valence-electron chi connectivity index (χ4n) is 2.31. The van der Waals surface area contributed by atoms with Crippen LogP contribution in [0.15, 0.2) is 5.83 Å². The van der Waals surface area contributed by atoms with Crippen molar-refractivity contribution in [3.63, 3.8) is 0 Å². The summed E-state index contributed by atoms with van der Waals surface area (Å²) in [6, 6.07) is 0. The van der Waals surface area contributed by atoms with Gasteiger partial charge in [-0.15, -0.1) is 0 Å². The molecule has 0 radical (unpaired) electrons. The number of aliphatic hydroxyl groups excluding tert-OH is 1. The van der Waals surface area contributed by atoms with Crippen LogP contribution in [0.3, 0.4) is 0 Å². The molecule has 0 amide bonds. The van der Waals surface area contributed by atoms with Crippen molar-refractivity contribution < 1.29 is 31.4 Å². The molecule has 140 valence electrons. The lowest BCUT2D eigenvalue weighted by Gasteiger charge is -2.27. The topological polar surface area (TPSA) is 84.9 Å². The molecule has 25 heavy (non-hydrogen) atoms. The maximum absolute atomic E-state index is 14.0. The molecule has 0 spiro atoms. The van der Waals surface area contributed by atoms with Crippen molar-refractivity contribution in [1.29, 1.82) is 0 Å². The molecule has 1 aliphatic carbocycles. The van der Waals surface area contributed by atoms with Gasteiger partial charge in [-0.2, -0.15) is 23.1 Å². The Kier molecular flexibility index (Phi) is 5.26. The highest BCUT2D eigenvalue weighted by Crippen LogP contribution is 2.40. The predicted molar refractivity (Wildman–Crippen MR) is 76.0 cm³/mol. The molecule has 1 aromatic heterocycles. The summed E-state index contributed by atoms with van der Waals surface area (Å²) >= 11 is 0. The van der Waals surface area contributed by atoms with Gasteiger partial charge in [0.25, 0.3) is 5.92 Å². The molecule has 0 unspecified atom stereocenters. The molecule has 3 N–H and O–H groups in total. The lowest BCUT2D eigenvalue weighted by molar-refractivity contribution is -0.171. The molecule has 1 aliphatic rings. The molecular weight excluding hydrogens is 354 g/mol. The van der Waals surface area contributed by atoms with Gasteiger partial charge in [0, 0.05) is 18.4 Å². The van der Waals surface area contributed by atoms with Gasteiger partial charge in [-0.3, -0.25) is 0 Å². The number of rotatable bonds is 4. The Morgan fingerprint density at radius 3 is 2.52 bits per heavy atom. The Balaban J connectivity index is 2.26. The number of hydrogen-bond donors (Lipinski definition) is 2. The largest absolute Gasteiger partial charge is 0.391 e. The van der Waals surface area contributed by atoms with Crippen molar-refractivity contribution in [2.75, 3.05) is 5.73 Å². The monoisotopic (exact) mass is 370 g/mol. The molecule has 2 atom stereocenters. The van der Waals surface area contributed by atoms with Crippen LogP contribution in [0.1, 0.15) is 37.8 Å². The van der Waals surface area contributed by atoms with Crippen molar-refractivity contribution >= 4 is 11.5 Å². The highest BCUT2D eigenvalue weighted by molar-refractivity contribution is 5.64. The third-order valence-electron chi connectivity index (χ3n) is 3.97. The quantitative estimate of drug-likeness (QED) is 0.796. The van der Waals surface area contributed by atoms with Crippen LogP contribution < -0.4 is 5.73 Å². The van der Waals surface area contributed by atoms with E-state index < -0.39 is 42.8 Å². The van der Waals surface area contributed by atoms with Gasteiger partial charge in [-0.25, -0.2) is 18.2 Å². The summed E-state index contributed by atoms with van der Waals surface area (Å²) in [5, 5.41) is 9.33. The van der Waals surface area contributed by atoms with E-state index >= 15 is 0 Å². The van der Waals surface area contributed by atoms with Gasteiger partial charge in [0.15, 0.2) is 11.9 Å². The molecule has 1 heterocycles. The highest BCUT2D eigenvalue weighted by atomic mass is 19.4. The Morgan fingerprint density at radius 1 is 1.28 bits per heavy atom. The lowest BCUT2D eigenvalue weighted by Crippen LogP contribution is -2.37. The molecular formula is C14H16F6N4O. The van der Waals surface area contributed by atoms with Crippen LogP contribution in [0.25, 0.3) is 5.57 Å². The molecule has 11 heteroatoms. The number of aliphatic hydroxyl groups is 1. The smallest absolute Gasteiger partial charge is 0.380 e. The summed E-state index contributed by atoms with van der Waals surface area (Å²) in [6.45, 7) is 0.993. The van der Waals surface area contributed by atoms with Gasteiger partial charge in [-0.05, 0) is 12.8 Å². The number of anilines is 1. The summed E-state index contributed by atoms with van der Waals surface area (Å²) in [4.78, 5) is 11.2. The van der Waals surface area contributed by atoms with E-state index in [1.54, 1.807) is 0 Å². The zero-order chi connectivity index (χ0) is 19.0. The maximum atomic E-state index is 14.0. The molecule has 0 saturated heterocycles. The van der Waals surface area contributed by atoms with Crippen molar-refractivity contribution in [3.05, 3.63) is 17.5 Å². The fraction of sp³-hybridized carbons (Fsp3) is 0.643. The first kappa shape index (κ1) is 19.4. The first-order valence-electron chi connectivity index (χ1n) is 7.43. The molecule has 5 nitrogen and oxygen atoms in total. The average molecular weight is 370 g/mol. The summed E-state index contributed by atoms with van der Waals surface area (Å²) in [5.41, 5.74) is 5.10. The summed E-state index contributed by atoms with van der Waals surface area (Å²) in [5.74, 6) is -7.53. The number of allylic oxidation sites excluding steroid dienone is 1. The minimum Gasteiger partial charge on any atom is -0.380 e. The van der Waals surface area contributed by atoms with E-state index in [4.69, 9.17) is 5.73 Å². The van der Waals surface area contributed by atoms with Crippen LogP contribution in [0.4, 0.5) is 32.3 Å². The van der Waals surface area contributed by atoms with Gasteiger partial charge in [-0.1, -0.05) is 6.92 Å². The first-order valence-corrected chi connectivity index (χ1v) is 7.43. The molecule has 0 bridgehead atoms. The summed E-state index contributed by atoms with van der Waals surface area (Å²) in [6.07, 6.45) is -8.79. The van der Waals surface area contributed by atoms with Gasteiger partial charge in [0.1, 0.15) is 11.7 Å². The Bertz CT molecular complexity index is 676. The SMILES string of the molecule is C[C@@H](CCc1nc(N)nc(C2=C(F)[C@H](O)C(F)(F)CC2)n1)C(F)(F)F. The van der Waals surface area contributed by atoms with Gasteiger partial charge >= 0.3 is 6.18 Å². The third-order valence-corrected chi connectivity index (χ3v) is 3.97. The normalized spacial score (nSPS) is 22.2. The average Bonchev–Trinajstić information content (AvgIpc) is 2.49. The zero-order valence-electron chi connectivity index (χ0n) is 13.1. The fourth-order valence-corrected chi connectivity index (χ4v) is 2.31. The van der Waals surface area contributed by atoms with Crippen LogP contribution in [0.2, 0.25) is 0 Å². The maximum Gasteiger partial charge on any atom is 0.391 e. The second-order valence-corrected chi connectivity index (χ2v) is 5.90. The van der Waals surface area contributed by atoms with E-state index in [1.165, 1.54) is 0 Å². The standard InChI is InChI=1S/C14H16F6N4O/c1-6(14(18,19)20)2-3-8-22-11(24-12(21)23-8)7-4-5-13(16,17)10(25)9(7)15/h6,10,25H,2-5H2,1H3,(H2,21,22,23,24)/t6-,10-/m0/s1. The van der Waals surface area contributed by atoms with Gasteiger partial charge in [0.05, 0.1) is 5.92 Å². The van der Waals surface area contributed by atoms with E-state index in [2.05, 4.69) is 15.0 Å². The van der Waals surface area contributed by atoms with Crippen LogP contribution in [0, 0.1) is 5.92 Å². The van der Waals surface area contributed by atoms with Crippen molar-refractivity contribution in [2.24, 2.45) is 5.92 Å². The Morgan fingerprint density at radius 2 is 1.92 bits per heavy atom. The van der Waals surface area contributed by atoms with E-state index in [0.717, 1.165) is 6.92 Å². The van der Waals surface area contributed by atoms with Gasteiger partial charge in [0.2, 0.25) is 5.95 Å². The number of aromatic nitrogens is 3. The molecule has 2 rings (SSSR count). The minimum absolute atomic E-state index is 0.106. The van der Waals surface area contributed by atoms with E-state index in [-0.39, 0.29) is 36.0 Å². The Labute approximate surface area is 139 Å². The molecule has 0 saturated carbocycles. The summed E-state index contributed by atoms with van der Waals surface area (Å²) < 4.78 is 78.2. The second kappa shape index (κ2) is 6.77. The van der Waals surface area contributed by atoms with Crippen LogP contribution in [-0.2, 0) is 6.42 Å². The molecule has 1 aromatic rings. The van der Waals surface area contributed by atoms with Crippen LogP contribution in [-0.4, -0.2) is 38.3 Å². The van der Waals surface area contributed by atoms with Crippen molar-refractivity contribution in [3.8, 4) is 0 Å². The van der Waals surface area contributed by atoms with E-state index in [1.807, 2.05) is 0 Å². The number of nitrogens with two attached hydrogens (primary N) is 1. The zero-order valence-corrected chi connectivity index (χ0v) is 13.1.